The molecule has 2 aromatic rings. The maximum atomic E-state index is 12.3. The maximum Gasteiger partial charge on any atom is 0.256 e. The lowest BCUT2D eigenvalue weighted by Crippen LogP contribution is -2.36. The molecule has 2 aliphatic rings. The van der Waals surface area contributed by atoms with Crippen LogP contribution >= 0.6 is 39.1 Å². The maximum absolute atomic E-state index is 12.3. The van der Waals surface area contributed by atoms with Crippen LogP contribution in [0.1, 0.15) is 26.3 Å². The Morgan fingerprint density at radius 2 is 1.59 bits per heavy atom. The lowest BCUT2D eigenvalue weighted by Gasteiger charge is -2.16. The van der Waals surface area contributed by atoms with E-state index in [0.29, 0.717) is 21.7 Å². The number of aliphatic imine (C=N–C) groups is 1. The first-order valence-corrected chi connectivity index (χ1v) is 10.7. The number of aryl methyl sites for hydroxylation is 1. The number of hydrogen-bond donors (Lipinski definition) is 0. The first-order chi connectivity index (χ1) is 13.8. The molecule has 154 valence electrons. The van der Waals surface area contributed by atoms with Crippen LogP contribution in [-0.4, -0.2) is 35.3 Å². The molecule has 2 aromatic carbocycles. The van der Waals surface area contributed by atoms with Gasteiger partial charge >= 0.3 is 0 Å². The molecule has 2 heterocycles. The molecule has 0 N–H and O–H groups in total. The zero-order chi connectivity index (χ0) is 21.7. The third-order valence-electron chi connectivity index (χ3n) is 4.12. The van der Waals surface area contributed by atoms with E-state index in [9.17, 15) is 9.59 Å². The minimum atomic E-state index is -0.550. The molecule has 1 saturated heterocycles. The minimum absolute atomic E-state index is 0.0672. The number of guanidine groups is 1. The van der Waals surface area contributed by atoms with Gasteiger partial charge in [-0.1, -0.05) is 70.7 Å². The number of anilines is 1. The number of nitrogens with zero attached hydrogens (tertiary/aromatic N) is 3. The van der Waals surface area contributed by atoms with Gasteiger partial charge in [0.15, 0.2) is 0 Å². The van der Waals surface area contributed by atoms with Gasteiger partial charge in [0.05, 0.1) is 5.69 Å². The molecule has 8 heteroatoms. The first-order valence-electron chi connectivity index (χ1n) is 9.16. The van der Waals surface area contributed by atoms with Crippen molar-refractivity contribution in [1.82, 2.24) is 4.90 Å². The van der Waals surface area contributed by atoms with Crippen molar-refractivity contribution in [2.45, 2.75) is 33.7 Å². The van der Waals surface area contributed by atoms with Crippen molar-refractivity contribution in [3.05, 3.63) is 62.5 Å². The van der Waals surface area contributed by atoms with E-state index in [1.165, 1.54) is 15.4 Å². The third-order valence-corrected chi connectivity index (χ3v) is 5.09. The van der Waals surface area contributed by atoms with Gasteiger partial charge < -0.3 is 0 Å². The number of halogens is 3. The van der Waals surface area contributed by atoms with E-state index < -0.39 is 6.04 Å². The topological polar surface area (TPSA) is 53.0 Å². The number of hydrogen-bond acceptors (Lipinski definition) is 3. The van der Waals surface area contributed by atoms with Gasteiger partial charge in [0.25, 0.3) is 11.8 Å². The summed E-state index contributed by atoms with van der Waals surface area (Å²) in [4.78, 5) is 30.8. The van der Waals surface area contributed by atoms with Crippen molar-refractivity contribution < 1.29 is 9.59 Å². The summed E-state index contributed by atoms with van der Waals surface area (Å²) in [5.74, 6) is -0.0440. The summed E-state index contributed by atoms with van der Waals surface area (Å²) in [5.41, 5.74) is 1.82. The average Bonchev–Trinajstić information content (AvgIpc) is 3.17. The minimum Gasteiger partial charge on any atom is -0.272 e. The fourth-order valence-corrected chi connectivity index (χ4v) is 3.59. The number of fused-ring (bicyclic) bond motifs is 1. The van der Waals surface area contributed by atoms with Gasteiger partial charge in [0.1, 0.15) is 12.6 Å². The Balaban J connectivity index is 0.000000252. The van der Waals surface area contributed by atoms with Gasteiger partial charge in [0.2, 0.25) is 5.96 Å². The van der Waals surface area contributed by atoms with E-state index in [-0.39, 0.29) is 18.4 Å². The number of amides is 2. The second-order valence-electron chi connectivity index (χ2n) is 6.15. The number of carbonyl (C=O) groups is 2. The van der Waals surface area contributed by atoms with Crippen LogP contribution in [-0.2, 0) is 9.59 Å². The van der Waals surface area contributed by atoms with E-state index in [4.69, 9.17) is 23.2 Å². The molecule has 2 aliphatic heterocycles. The van der Waals surface area contributed by atoms with Gasteiger partial charge in [-0.05, 0) is 44.2 Å². The standard InChI is InChI=1S/C12H9Cl2N3O2.C7H7Br.C2H6/c1-6-11(19)17(12-15-5-10(18)16(6)12)9-3-7(13)2-8(14)4-9;1-6-2-4-7(8)5-3-6;1-2/h2-4,6H,5H2,1H3;2-5H,1H3;1-2H3. The predicted molar refractivity (Wildman–Crippen MR) is 123 cm³/mol. The van der Waals surface area contributed by atoms with E-state index in [1.807, 2.05) is 26.0 Å². The summed E-state index contributed by atoms with van der Waals surface area (Å²) in [6, 6.07) is 12.5. The van der Waals surface area contributed by atoms with E-state index in [2.05, 4.69) is 40.0 Å². The fourth-order valence-electron chi connectivity index (χ4n) is 2.81. The van der Waals surface area contributed by atoms with Crippen LogP contribution in [0.25, 0.3) is 0 Å². The highest BCUT2D eigenvalue weighted by Crippen LogP contribution is 2.31. The fraction of sp³-hybridized carbons (Fsp3) is 0.286. The molecular formula is C21H22BrCl2N3O2. The second kappa shape index (κ2) is 10.2. The number of benzene rings is 2. The molecule has 0 radical (unpaired) electrons. The molecule has 29 heavy (non-hydrogen) atoms. The molecule has 4 rings (SSSR count). The molecule has 0 aliphatic carbocycles. The van der Waals surface area contributed by atoms with Crippen molar-refractivity contribution >= 4 is 62.6 Å². The molecule has 0 aromatic heterocycles. The quantitative estimate of drug-likeness (QED) is 0.505. The third kappa shape index (κ3) is 5.38. The second-order valence-corrected chi connectivity index (χ2v) is 7.94. The van der Waals surface area contributed by atoms with E-state index in [1.54, 1.807) is 25.1 Å². The molecule has 2 amide bonds. The molecule has 5 nitrogen and oxygen atoms in total. The van der Waals surface area contributed by atoms with Crippen LogP contribution in [0.4, 0.5) is 5.69 Å². The van der Waals surface area contributed by atoms with Crippen LogP contribution in [0.3, 0.4) is 0 Å². The Bertz CT molecular complexity index is 891. The molecule has 0 bridgehead atoms. The van der Waals surface area contributed by atoms with Gasteiger partial charge in [0, 0.05) is 14.5 Å². The van der Waals surface area contributed by atoms with Gasteiger partial charge in [-0.25, -0.2) is 9.89 Å². The highest BCUT2D eigenvalue weighted by molar-refractivity contribution is 9.10. The van der Waals surface area contributed by atoms with E-state index >= 15 is 0 Å². The molecule has 0 spiro atoms. The normalized spacial score (nSPS) is 17.2. The summed E-state index contributed by atoms with van der Waals surface area (Å²) >= 11 is 15.2. The number of carbonyl (C=O) groups excluding carboxylic acids is 2. The Labute approximate surface area is 189 Å². The largest absolute Gasteiger partial charge is 0.272 e. The lowest BCUT2D eigenvalue weighted by atomic mass is 10.2. The summed E-state index contributed by atoms with van der Waals surface area (Å²) in [6.45, 7) is 7.82. The molecular weight excluding hydrogens is 477 g/mol. The van der Waals surface area contributed by atoms with E-state index in [0.717, 1.165) is 4.47 Å². The van der Waals surface area contributed by atoms with Crippen LogP contribution < -0.4 is 4.90 Å². The molecule has 0 saturated carbocycles. The summed E-state index contributed by atoms with van der Waals surface area (Å²) in [7, 11) is 0. The Morgan fingerprint density at radius 1 is 1.03 bits per heavy atom. The van der Waals surface area contributed by atoms with Crippen molar-refractivity contribution in [2.75, 3.05) is 11.4 Å². The Hall–Kier alpha value is -1.89. The summed E-state index contributed by atoms with van der Waals surface area (Å²) in [5, 5.41) is 0.845. The monoisotopic (exact) mass is 497 g/mol. The van der Waals surface area contributed by atoms with Crippen LogP contribution in [0.5, 0.6) is 0 Å². The molecule has 1 unspecified atom stereocenters. The smallest absolute Gasteiger partial charge is 0.256 e. The van der Waals surface area contributed by atoms with Gasteiger partial charge in [-0.15, -0.1) is 0 Å². The Kier molecular flexibility index (Phi) is 8.25. The highest BCUT2D eigenvalue weighted by atomic mass is 79.9. The van der Waals surface area contributed by atoms with Crippen molar-refractivity contribution in [1.29, 1.82) is 0 Å². The first kappa shape index (κ1) is 23.4. The number of rotatable bonds is 1. The average molecular weight is 499 g/mol. The van der Waals surface area contributed by atoms with Gasteiger partial charge in [-0.2, -0.15) is 0 Å². The van der Waals surface area contributed by atoms with Crippen molar-refractivity contribution in [3.8, 4) is 0 Å². The van der Waals surface area contributed by atoms with Crippen molar-refractivity contribution in [2.24, 2.45) is 4.99 Å². The highest BCUT2D eigenvalue weighted by Gasteiger charge is 2.47. The SMILES string of the molecule is CC.CC1C(=O)N(c2cc(Cl)cc(Cl)c2)C2=NCC(=O)N21.Cc1ccc(Br)cc1. The summed E-state index contributed by atoms with van der Waals surface area (Å²) < 4.78 is 1.14. The Morgan fingerprint density at radius 3 is 2.10 bits per heavy atom. The zero-order valence-corrected chi connectivity index (χ0v) is 19.7. The zero-order valence-electron chi connectivity index (χ0n) is 16.6. The molecule has 1 fully saturated rings. The molecule has 1 atom stereocenters. The van der Waals surface area contributed by atoms with Crippen LogP contribution in [0.2, 0.25) is 10.0 Å². The van der Waals surface area contributed by atoms with Crippen molar-refractivity contribution in [3.63, 3.8) is 0 Å². The van der Waals surface area contributed by atoms with Gasteiger partial charge in [-0.3, -0.25) is 14.5 Å². The van der Waals surface area contributed by atoms with Crippen LogP contribution in [0.15, 0.2) is 51.9 Å². The van der Waals surface area contributed by atoms with Crippen LogP contribution in [0, 0.1) is 6.92 Å². The predicted octanol–water partition coefficient (Wildman–Crippen LogP) is 5.71. The summed E-state index contributed by atoms with van der Waals surface area (Å²) in [6.07, 6.45) is 0. The lowest BCUT2D eigenvalue weighted by molar-refractivity contribution is -0.130.